The van der Waals surface area contributed by atoms with Gasteiger partial charge in [-0.1, -0.05) is 67.4 Å². The Balaban J connectivity index is 1.41. The molecule has 3 aromatic carbocycles. The minimum absolute atomic E-state index is 0.00737. The molecule has 0 spiro atoms. The van der Waals surface area contributed by atoms with E-state index < -0.39 is 11.8 Å². The molecule has 0 bridgehead atoms. The molecule has 0 aromatic heterocycles. The van der Waals surface area contributed by atoms with Crippen LogP contribution in [0.1, 0.15) is 35.7 Å². The smallest absolute Gasteiger partial charge is 0.279 e. The van der Waals surface area contributed by atoms with E-state index in [9.17, 15) is 14.4 Å². The molecule has 1 heterocycles. The molecule has 0 saturated heterocycles. The highest BCUT2D eigenvalue weighted by atomic mass is 35.5. The van der Waals surface area contributed by atoms with Crippen LogP contribution in [0.4, 0.5) is 11.4 Å². The number of para-hydroxylation sites is 2. The topological polar surface area (TPSA) is 87.7 Å². The molecular weight excluding hydrogens is 478 g/mol. The number of imide groups is 1. The van der Waals surface area contributed by atoms with Gasteiger partial charge in [0.05, 0.1) is 18.8 Å². The first-order chi connectivity index (χ1) is 17.5. The van der Waals surface area contributed by atoms with Crippen molar-refractivity contribution >= 4 is 40.7 Å². The number of unbranched alkanes of at least 4 members (excludes halogenated alkanes) is 1. The van der Waals surface area contributed by atoms with E-state index in [-0.39, 0.29) is 23.2 Å². The van der Waals surface area contributed by atoms with Crippen LogP contribution in [0, 0.1) is 0 Å². The Morgan fingerprint density at radius 1 is 0.917 bits per heavy atom. The largest absolute Gasteiger partial charge is 0.491 e. The molecule has 3 amide bonds. The highest BCUT2D eigenvalue weighted by molar-refractivity contribution is 6.48. The van der Waals surface area contributed by atoms with Crippen LogP contribution in [0.3, 0.4) is 0 Å². The van der Waals surface area contributed by atoms with Crippen LogP contribution in [0.2, 0.25) is 0 Å². The van der Waals surface area contributed by atoms with E-state index in [4.69, 9.17) is 16.3 Å². The van der Waals surface area contributed by atoms with Crippen LogP contribution in [0.25, 0.3) is 0 Å². The van der Waals surface area contributed by atoms with E-state index >= 15 is 0 Å². The zero-order chi connectivity index (χ0) is 25.5. The molecule has 0 aliphatic carbocycles. The SMILES string of the molecule is CCCCOc1ccccc1NC(=O)c1ccc(NC2=C(Cl)C(=O)N(Cc3ccccc3)C2=O)cc1. The lowest BCUT2D eigenvalue weighted by Gasteiger charge is -2.15. The van der Waals surface area contributed by atoms with E-state index in [0.717, 1.165) is 23.3 Å². The zero-order valence-corrected chi connectivity index (χ0v) is 20.5. The van der Waals surface area contributed by atoms with Crippen molar-refractivity contribution in [3.63, 3.8) is 0 Å². The van der Waals surface area contributed by atoms with Gasteiger partial charge in [-0.05, 0) is 48.4 Å². The minimum Gasteiger partial charge on any atom is -0.491 e. The molecule has 0 radical (unpaired) electrons. The number of amides is 3. The van der Waals surface area contributed by atoms with Crippen LogP contribution in [-0.4, -0.2) is 29.2 Å². The number of hydrogen-bond donors (Lipinski definition) is 2. The van der Waals surface area contributed by atoms with Gasteiger partial charge >= 0.3 is 0 Å². The van der Waals surface area contributed by atoms with Crippen molar-refractivity contribution in [1.29, 1.82) is 0 Å². The number of rotatable bonds is 10. The van der Waals surface area contributed by atoms with E-state index in [1.807, 2.05) is 48.5 Å². The lowest BCUT2D eigenvalue weighted by atomic mass is 10.1. The summed E-state index contributed by atoms with van der Waals surface area (Å²) < 4.78 is 5.78. The van der Waals surface area contributed by atoms with Crippen molar-refractivity contribution in [2.45, 2.75) is 26.3 Å². The molecule has 184 valence electrons. The third-order valence-corrected chi connectivity index (χ3v) is 5.95. The van der Waals surface area contributed by atoms with E-state index in [1.165, 1.54) is 0 Å². The maximum absolute atomic E-state index is 12.9. The second kappa shape index (κ2) is 11.6. The fraction of sp³-hybridized carbons (Fsp3) is 0.179. The molecular formula is C28H26ClN3O4. The van der Waals surface area contributed by atoms with Gasteiger partial charge in [-0.3, -0.25) is 19.3 Å². The Morgan fingerprint density at radius 2 is 1.61 bits per heavy atom. The Hall–Kier alpha value is -4.10. The quantitative estimate of drug-likeness (QED) is 0.280. The van der Waals surface area contributed by atoms with Crippen LogP contribution >= 0.6 is 11.6 Å². The van der Waals surface area contributed by atoms with Gasteiger partial charge in [-0.15, -0.1) is 0 Å². The van der Waals surface area contributed by atoms with Crippen LogP contribution in [-0.2, 0) is 16.1 Å². The fourth-order valence-electron chi connectivity index (χ4n) is 3.63. The Labute approximate surface area is 214 Å². The van der Waals surface area contributed by atoms with Gasteiger partial charge in [0.2, 0.25) is 0 Å². The van der Waals surface area contributed by atoms with Crippen LogP contribution < -0.4 is 15.4 Å². The first-order valence-corrected chi connectivity index (χ1v) is 12.1. The number of nitrogens with one attached hydrogen (secondary N) is 2. The number of nitrogens with zero attached hydrogens (tertiary/aromatic N) is 1. The van der Waals surface area contributed by atoms with Crippen molar-refractivity contribution in [2.24, 2.45) is 0 Å². The predicted octanol–water partition coefficient (Wildman–Crippen LogP) is 5.55. The van der Waals surface area contributed by atoms with E-state index in [1.54, 1.807) is 30.3 Å². The summed E-state index contributed by atoms with van der Waals surface area (Å²) in [5.41, 5.74) is 2.35. The summed E-state index contributed by atoms with van der Waals surface area (Å²) in [4.78, 5) is 39.3. The maximum Gasteiger partial charge on any atom is 0.279 e. The summed E-state index contributed by atoms with van der Waals surface area (Å²) in [7, 11) is 0. The molecule has 0 unspecified atom stereocenters. The average Bonchev–Trinajstić information content (AvgIpc) is 3.09. The van der Waals surface area contributed by atoms with Crippen molar-refractivity contribution in [3.8, 4) is 5.75 Å². The lowest BCUT2D eigenvalue weighted by Crippen LogP contribution is -2.31. The van der Waals surface area contributed by atoms with Gasteiger partial charge in [-0.25, -0.2) is 0 Å². The fourth-order valence-corrected chi connectivity index (χ4v) is 3.86. The standard InChI is InChI=1S/C28H26ClN3O4/c1-2-3-17-36-23-12-8-7-11-22(23)31-26(33)20-13-15-21(16-14-20)30-25-24(29)27(34)32(28(25)35)18-19-9-5-4-6-10-19/h4-16,30H,2-3,17-18H2,1H3,(H,31,33). The average molecular weight is 504 g/mol. The maximum atomic E-state index is 12.9. The summed E-state index contributed by atoms with van der Waals surface area (Å²) in [6.07, 6.45) is 1.94. The van der Waals surface area contributed by atoms with E-state index in [0.29, 0.717) is 29.3 Å². The summed E-state index contributed by atoms with van der Waals surface area (Å²) in [5.74, 6) is -0.741. The third kappa shape index (κ3) is 5.75. The van der Waals surface area contributed by atoms with Gasteiger partial charge in [0.25, 0.3) is 17.7 Å². The number of carbonyl (C=O) groups is 3. The second-order valence-electron chi connectivity index (χ2n) is 8.23. The van der Waals surface area contributed by atoms with Crippen molar-refractivity contribution in [1.82, 2.24) is 4.90 Å². The first kappa shape index (κ1) is 25.0. The predicted molar refractivity (Wildman–Crippen MR) is 140 cm³/mol. The molecule has 3 aromatic rings. The highest BCUT2D eigenvalue weighted by Crippen LogP contribution is 2.28. The number of anilines is 2. The van der Waals surface area contributed by atoms with Gasteiger partial charge in [0.1, 0.15) is 16.5 Å². The molecule has 0 saturated carbocycles. The third-order valence-electron chi connectivity index (χ3n) is 5.60. The number of carbonyl (C=O) groups excluding carboxylic acids is 3. The van der Waals surface area contributed by atoms with Gasteiger partial charge in [0.15, 0.2) is 0 Å². The van der Waals surface area contributed by atoms with Gasteiger partial charge in [-0.2, -0.15) is 0 Å². The van der Waals surface area contributed by atoms with E-state index in [2.05, 4.69) is 17.6 Å². The minimum atomic E-state index is -0.552. The number of benzene rings is 3. The molecule has 8 heteroatoms. The molecule has 1 aliphatic heterocycles. The highest BCUT2D eigenvalue weighted by Gasteiger charge is 2.37. The van der Waals surface area contributed by atoms with Crippen molar-refractivity contribution in [3.05, 3.63) is 101 Å². The number of ether oxygens (including phenoxy) is 1. The Morgan fingerprint density at radius 3 is 2.33 bits per heavy atom. The van der Waals surface area contributed by atoms with Gasteiger partial charge in [0, 0.05) is 11.3 Å². The zero-order valence-electron chi connectivity index (χ0n) is 19.8. The normalized spacial score (nSPS) is 13.2. The monoisotopic (exact) mass is 503 g/mol. The Kier molecular flexibility index (Phi) is 8.02. The van der Waals surface area contributed by atoms with Crippen molar-refractivity contribution < 1.29 is 19.1 Å². The molecule has 1 aliphatic rings. The lowest BCUT2D eigenvalue weighted by molar-refractivity contribution is -0.138. The van der Waals surface area contributed by atoms with Crippen molar-refractivity contribution in [2.75, 3.05) is 17.2 Å². The summed E-state index contributed by atoms with van der Waals surface area (Å²) in [6, 6.07) is 23.0. The molecule has 0 fully saturated rings. The summed E-state index contributed by atoms with van der Waals surface area (Å²) in [6.45, 7) is 2.79. The number of halogens is 1. The molecule has 4 rings (SSSR count). The summed E-state index contributed by atoms with van der Waals surface area (Å²) >= 11 is 6.20. The van der Waals surface area contributed by atoms with Crippen LogP contribution in [0.5, 0.6) is 5.75 Å². The number of hydrogen-bond acceptors (Lipinski definition) is 5. The first-order valence-electron chi connectivity index (χ1n) is 11.7. The molecule has 36 heavy (non-hydrogen) atoms. The molecule has 0 atom stereocenters. The molecule has 7 nitrogen and oxygen atoms in total. The molecule has 2 N–H and O–H groups in total. The van der Waals surface area contributed by atoms with Crippen LogP contribution in [0.15, 0.2) is 89.6 Å². The second-order valence-corrected chi connectivity index (χ2v) is 8.60. The summed E-state index contributed by atoms with van der Waals surface area (Å²) in [5, 5.41) is 5.63. The Bertz CT molecular complexity index is 1290. The van der Waals surface area contributed by atoms with Gasteiger partial charge < -0.3 is 15.4 Å².